The lowest BCUT2D eigenvalue weighted by molar-refractivity contribution is -0.120. The highest BCUT2D eigenvalue weighted by molar-refractivity contribution is 5.77. The van der Waals surface area contributed by atoms with E-state index in [1.54, 1.807) is 19.2 Å². The molecule has 1 rings (SSSR count). The van der Waals surface area contributed by atoms with E-state index in [4.69, 9.17) is 6.42 Å². The molecule has 0 atom stereocenters. The van der Waals surface area contributed by atoms with E-state index in [9.17, 15) is 13.6 Å². The van der Waals surface area contributed by atoms with Gasteiger partial charge in [-0.2, -0.15) is 0 Å². The summed E-state index contributed by atoms with van der Waals surface area (Å²) in [4.78, 5) is 11.0. The molecule has 2 nitrogen and oxygen atoms in total. The fourth-order valence-electron chi connectivity index (χ4n) is 1.57. The molecule has 0 aliphatic rings. The van der Waals surface area contributed by atoms with Crippen molar-refractivity contribution in [2.45, 2.75) is 12.8 Å². The molecule has 0 aliphatic heterocycles. The van der Waals surface area contributed by atoms with Gasteiger partial charge >= 0.3 is 0 Å². The Balaban J connectivity index is 2.88. The number of nitrogens with one attached hydrogen (secondary N) is 1. The van der Waals surface area contributed by atoms with Crippen molar-refractivity contribution in [2.24, 2.45) is 0 Å². The Morgan fingerprint density at radius 3 is 2.85 bits per heavy atom. The molecule has 1 amide bonds. The van der Waals surface area contributed by atoms with Gasteiger partial charge in [-0.1, -0.05) is 18.1 Å². The van der Waals surface area contributed by atoms with Gasteiger partial charge in [0.1, 0.15) is 11.6 Å². The van der Waals surface area contributed by atoms with Crippen molar-refractivity contribution in [3.05, 3.63) is 53.6 Å². The molecule has 0 aromatic heterocycles. The summed E-state index contributed by atoms with van der Waals surface area (Å²) in [7, 11) is 1.55. The molecule has 104 valence electrons. The molecular formula is C16H15F2NO. The zero-order chi connectivity index (χ0) is 15.0. The molecule has 1 N–H and O–H groups in total. The van der Waals surface area contributed by atoms with Crippen molar-refractivity contribution < 1.29 is 13.6 Å². The average Bonchev–Trinajstić information content (AvgIpc) is 2.44. The van der Waals surface area contributed by atoms with Gasteiger partial charge < -0.3 is 5.32 Å². The highest BCUT2D eigenvalue weighted by Crippen LogP contribution is 2.21. The third kappa shape index (κ3) is 4.69. The van der Waals surface area contributed by atoms with Gasteiger partial charge in [0.15, 0.2) is 0 Å². The first-order valence-electron chi connectivity index (χ1n) is 6.07. The third-order valence-corrected chi connectivity index (χ3v) is 2.59. The van der Waals surface area contributed by atoms with E-state index in [-0.39, 0.29) is 11.5 Å². The smallest absolute Gasteiger partial charge is 0.220 e. The molecule has 0 bridgehead atoms. The third-order valence-electron chi connectivity index (χ3n) is 2.59. The highest BCUT2D eigenvalue weighted by Gasteiger charge is 2.06. The van der Waals surface area contributed by atoms with E-state index >= 15 is 0 Å². The van der Waals surface area contributed by atoms with Gasteiger partial charge in [0.05, 0.1) is 0 Å². The maximum absolute atomic E-state index is 13.7. The Bertz CT molecular complexity index is 583. The second-order valence-electron chi connectivity index (χ2n) is 4.00. The molecule has 0 unspecified atom stereocenters. The number of carbonyl (C=O) groups excluding carboxylic acids is 1. The number of rotatable bonds is 5. The molecule has 1 aromatic carbocycles. The number of amides is 1. The van der Waals surface area contributed by atoms with Crippen LogP contribution in [-0.4, -0.2) is 13.0 Å². The summed E-state index contributed by atoms with van der Waals surface area (Å²) in [6.45, 7) is 0. The van der Waals surface area contributed by atoms with Crippen LogP contribution in [-0.2, 0) is 4.79 Å². The van der Waals surface area contributed by atoms with Gasteiger partial charge in [0.25, 0.3) is 0 Å². The molecule has 0 aliphatic carbocycles. The molecule has 0 heterocycles. The molecule has 0 fully saturated rings. The molecule has 20 heavy (non-hydrogen) atoms. The van der Waals surface area contributed by atoms with E-state index in [2.05, 4.69) is 11.2 Å². The first-order chi connectivity index (χ1) is 9.58. The van der Waals surface area contributed by atoms with E-state index in [0.29, 0.717) is 18.4 Å². The van der Waals surface area contributed by atoms with Crippen LogP contribution >= 0.6 is 0 Å². The van der Waals surface area contributed by atoms with Crippen molar-refractivity contribution in [3.8, 4) is 12.3 Å². The number of carbonyl (C=O) groups is 1. The zero-order valence-corrected chi connectivity index (χ0v) is 11.1. The first-order valence-corrected chi connectivity index (χ1v) is 6.07. The van der Waals surface area contributed by atoms with Gasteiger partial charge in [-0.3, -0.25) is 4.79 Å². The minimum absolute atomic E-state index is 0.0888. The predicted octanol–water partition coefficient (Wildman–Crippen LogP) is 3.06. The van der Waals surface area contributed by atoms with Crippen LogP contribution in [0.4, 0.5) is 8.78 Å². The molecule has 0 saturated heterocycles. The van der Waals surface area contributed by atoms with E-state index in [0.717, 1.165) is 18.2 Å². The second kappa shape index (κ2) is 7.90. The van der Waals surface area contributed by atoms with Crippen LogP contribution in [0, 0.1) is 24.0 Å². The summed E-state index contributed by atoms with van der Waals surface area (Å²) >= 11 is 0. The average molecular weight is 275 g/mol. The van der Waals surface area contributed by atoms with Crippen molar-refractivity contribution in [1.29, 1.82) is 0 Å². The molecule has 1 aromatic rings. The van der Waals surface area contributed by atoms with Crippen LogP contribution in [0.5, 0.6) is 0 Å². The molecule has 4 heteroatoms. The Hall–Kier alpha value is -2.41. The normalized spacial score (nSPS) is 11.4. The summed E-state index contributed by atoms with van der Waals surface area (Å²) in [6, 6.07) is 3.18. The van der Waals surface area contributed by atoms with Gasteiger partial charge in [0.2, 0.25) is 5.91 Å². The Kier molecular flexibility index (Phi) is 6.18. The molecule has 0 saturated carbocycles. The van der Waals surface area contributed by atoms with Crippen molar-refractivity contribution in [2.75, 3.05) is 7.05 Å². The van der Waals surface area contributed by atoms with Crippen LogP contribution < -0.4 is 5.32 Å². The Morgan fingerprint density at radius 1 is 1.45 bits per heavy atom. The summed E-state index contributed by atoms with van der Waals surface area (Å²) in [6.07, 6.45) is 10.6. The summed E-state index contributed by atoms with van der Waals surface area (Å²) in [5.41, 5.74) is 0.487. The second-order valence-corrected chi connectivity index (χ2v) is 4.00. The van der Waals surface area contributed by atoms with Crippen LogP contribution in [0.2, 0.25) is 0 Å². The van der Waals surface area contributed by atoms with Crippen LogP contribution in [0.1, 0.15) is 18.4 Å². The van der Waals surface area contributed by atoms with Crippen LogP contribution in [0.25, 0.3) is 5.57 Å². The minimum Gasteiger partial charge on any atom is -0.359 e. The van der Waals surface area contributed by atoms with Gasteiger partial charge in [-0.15, -0.1) is 6.42 Å². The zero-order valence-electron chi connectivity index (χ0n) is 11.1. The van der Waals surface area contributed by atoms with Crippen molar-refractivity contribution >= 4 is 11.5 Å². The SMILES string of the molecule is C#C/C=C(\C=C/CCC(=O)NC)c1cc(F)ccc1F. The van der Waals surface area contributed by atoms with E-state index in [1.807, 2.05) is 0 Å². The number of allylic oxidation sites excluding steroid dienone is 4. The monoisotopic (exact) mass is 275 g/mol. The number of hydrogen-bond donors (Lipinski definition) is 1. The molecule has 0 radical (unpaired) electrons. The van der Waals surface area contributed by atoms with Crippen molar-refractivity contribution in [1.82, 2.24) is 5.32 Å². The predicted molar refractivity (Wildman–Crippen MR) is 75.6 cm³/mol. The fourth-order valence-corrected chi connectivity index (χ4v) is 1.57. The van der Waals surface area contributed by atoms with Crippen LogP contribution in [0.15, 0.2) is 36.4 Å². The van der Waals surface area contributed by atoms with Gasteiger partial charge in [-0.25, -0.2) is 8.78 Å². The Labute approximate surface area is 117 Å². The van der Waals surface area contributed by atoms with Gasteiger partial charge in [-0.05, 0) is 36.3 Å². The van der Waals surface area contributed by atoms with E-state index in [1.165, 1.54) is 6.08 Å². The quantitative estimate of drug-likeness (QED) is 0.649. The lowest BCUT2D eigenvalue weighted by Crippen LogP contribution is -2.16. The number of halogens is 2. The summed E-state index contributed by atoms with van der Waals surface area (Å²) in [5, 5.41) is 2.50. The summed E-state index contributed by atoms with van der Waals surface area (Å²) < 4.78 is 26.8. The topological polar surface area (TPSA) is 29.1 Å². The Morgan fingerprint density at radius 2 is 2.20 bits per heavy atom. The molecular weight excluding hydrogens is 260 g/mol. The number of benzene rings is 1. The highest BCUT2D eigenvalue weighted by atomic mass is 19.1. The maximum Gasteiger partial charge on any atom is 0.220 e. The number of hydrogen-bond acceptors (Lipinski definition) is 1. The first kappa shape index (κ1) is 15.6. The fraction of sp³-hybridized carbons (Fsp3) is 0.188. The lowest BCUT2D eigenvalue weighted by Gasteiger charge is -2.04. The standard InChI is InChI=1S/C16H15F2NO/c1-3-6-12(7-4-5-8-16(20)19-2)14-11-13(17)9-10-15(14)18/h1,4,6-7,9-11H,5,8H2,2H3,(H,19,20)/b7-4-,12-6+. The lowest BCUT2D eigenvalue weighted by atomic mass is 10.0. The van der Waals surface area contributed by atoms with Crippen LogP contribution in [0.3, 0.4) is 0 Å². The maximum atomic E-state index is 13.7. The number of terminal acetylenes is 1. The minimum atomic E-state index is -0.552. The molecule has 0 spiro atoms. The largest absolute Gasteiger partial charge is 0.359 e. The van der Waals surface area contributed by atoms with E-state index < -0.39 is 11.6 Å². The summed E-state index contributed by atoms with van der Waals surface area (Å²) in [5.74, 6) is 1.11. The van der Waals surface area contributed by atoms with Crippen molar-refractivity contribution in [3.63, 3.8) is 0 Å². The van der Waals surface area contributed by atoms with Gasteiger partial charge in [0, 0.05) is 19.0 Å².